The second-order valence-corrected chi connectivity index (χ2v) is 9.44. The van der Waals surface area contributed by atoms with Crippen molar-refractivity contribution < 1.29 is 4.74 Å². The van der Waals surface area contributed by atoms with Crippen LogP contribution in [0.4, 0.5) is 0 Å². The van der Waals surface area contributed by atoms with Crippen LogP contribution in [0.2, 0.25) is 0 Å². The van der Waals surface area contributed by atoms with Crippen LogP contribution in [0.1, 0.15) is 50.2 Å². The molecule has 1 aliphatic heterocycles. The zero-order chi connectivity index (χ0) is 19.4. The van der Waals surface area contributed by atoms with Gasteiger partial charge in [-0.2, -0.15) is 0 Å². The predicted molar refractivity (Wildman–Crippen MR) is 116 cm³/mol. The van der Waals surface area contributed by atoms with E-state index in [1.165, 1.54) is 50.0 Å². The number of nitrogens with zero attached hydrogens (tertiary/aromatic N) is 1. The Morgan fingerprint density at radius 1 is 0.893 bits per heavy atom. The molecule has 4 rings (SSSR count). The summed E-state index contributed by atoms with van der Waals surface area (Å²) in [7, 11) is 0. The largest absolute Gasteiger partial charge is 0.376 e. The van der Waals surface area contributed by atoms with Crippen LogP contribution in [0, 0.1) is 17.3 Å². The van der Waals surface area contributed by atoms with Crippen LogP contribution < -0.4 is 0 Å². The molecule has 150 valence electrons. The summed E-state index contributed by atoms with van der Waals surface area (Å²) in [6.07, 6.45) is 3.93. The lowest BCUT2D eigenvalue weighted by atomic mass is 9.55. The minimum Gasteiger partial charge on any atom is -0.376 e. The molecule has 2 aliphatic rings. The SMILES string of the molecule is CC1(C)[C@@H](COCc2ccccc2)C[C@H]1CN1CCC(c2ccccc2)CC1. The second kappa shape index (κ2) is 8.80. The van der Waals surface area contributed by atoms with Gasteiger partial charge in [-0.25, -0.2) is 0 Å². The fourth-order valence-electron chi connectivity index (χ4n) is 5.10. The van der Waals surface area contributed by atoms with E-state index < -0.39 is 0 Å². The molecule has 2 aromatic rings. The molecule has 1 heterocycles. The molecule has 1 saturated carbocycles. The van der Waals surface area contributed by atoms with Gasteiger partial charge in [0.25, 0.3) is 0 Å². The Hall–Kier alpha value is -1.64. The van der Waals surface area contributed by atoms with E-state index >= 15 is 0 Å². The minimum absolute atomic E-state index is 0.396. The van der Waals surface area contributed by atoms with Gasteiger partial charge < -0.3 is 9.64 Å². The summed E-state index contributed by atoms with van der Waals surface area (Å²) in [5.74, 6) is 2.26. The Kier molecular flexibility index (Phi) is 6.18. The lowest BCUT2D eigenvalue weighted by molar-refractivity contribution is -0.0872. The van der Waals surface area contributed by atoms with Gasteiger partial charge in [0.15, 0.2) is 0 Å². The first-order valence-electron chi connectivity index (χ1n) is 11.0. The molecular weight excluding hydrogens is 342 g/mol. The van der Waals surface area contributed by atoms with E-state index in [0.29, 0.717) is 11.3 Å². The van der Waals surface area contributed by atoms with Crippen LogP contribution in [0.3, 0.4) is 0 Å². The van der Waals surface area contributed by atoms with Gasteiger partial charge in [-0.3, -0.25) is 0 Å². The molecule has 2 aromatic carbocycles. The third kappa shape index (κ3) is 4.50. The van der Waals surface area contributed by atoms with Crippen LogP contribution in [0.15, 0.2) is 60.7 Å². The van der Waals surface area contributed by atoms with Crippen molar-refractivity contribution >= 4 is 0 Å². The zero-order valence-electron chi connectivity index (χ0n) is 17.5. The molecule has 2 fully saturated rings. The van der Waals surface area contributed by atoms with Gasteiger partial charge in [0.2, 0.25) is 0 Å². The third-order valence-electron chi connectivity index (χ3n) is 7.44. The first-order chi connectivity index (χ1) is 13.6. The monoisotopic (exact) mass is 377 g/mol. The van der Waals surface area contributed by atoms with Crippen LogP contribution >= 0.6 is 0 Å². The van der Waals surface area contributed by atoms with Gasteiger partial charge in [-0.15, -0.1) is 0 Å². The van der Waals surface area contributed by atoms with Crippen molar-refractivity contribution in [3.8, 4) is 0 Å². The lowest BCUT2D eigenvalue weighted by Crippen LogP contribution is -2.52. The Morgan fingerprint density at radius 3 is 2.18 bits per heavy atom. The van der Waals surface area contributed by atoms with Crippen molar-refractivity contribution in [2.24, 2.45) is 17.3 Å². The highest BCUT2D eigenvalue weighted by molar-refractivity contribution is 5.20. The third-order valence-corrected chi connectivity index (χ3v) is 7.44. The Bertz CT molecular complexity index is 719. The van der Waals surface area contributed by atoms with Crippen molar-refractivity contribution in [2.45, 2.75) is 45.6 Å². The van der Waals surface area contributed by atoms with Gasteiger partial charge >= 0.3 is 0 Å². The molecule has 0 amide bonds. The molecule has 0 bridgehead atoms. The summed E-state index contributed by atoms with van der Waals surface area (Å²) < 4.78 is 6.05. The molecule has 0 N–H and O–H groups in total. The molecule has 2 nitrogen and oxygen atoms in total. The van der Waals surface area contributed by atoms with Gasteiger partial charge in [-0.05, 0) is 66.6 Å². The first-order valence-corrected chi connectivity index (χ1v) is 11.0. The van der Waals surface area contributed by atoms with Crippen LogP contribution in [0.5, 0.6) is 0 Å². The number of hydrogen-bond donors (Lipinski definition) is 0. The van der Waals surface area contributed by atoms with Crippen LogP contribution in [-0.2, 0) is 11.3 Å². The predicted octanol–water partition coefficient (Wildman–Crippen LogP) is 5.75. The zero-order valence-corrected chi connectivity index (χ0v) is 17.5. The molecule has 0 aromatic heterocycles. The van der Waals surface area contributed by atoms with Gasteiger partial charge in [0.1, 0.15) is 0 Å². The van der Waals surface area contributed by atoms with E-state index in [1.807, 2.05) is 0 Å². The highest BCUT2D eigenvalue weighted by Gasteiger charge is 2.48. The van der Waals surface area contributed by atoms with E-state index in [9.17, 15) is 0 Å². The van der Waals surface area contributed by atoms with Gasteiger partial charge in [0.05, 0.1) is 13.2 Å². The average Bonchev–Trinajstić information content (AvgIpc) is 2.74. The normalized spacial score (nSPS) is 25.4. The van der Waals surface area contributed by atoms with Gasteiger partial charge in [-0.1, -0.05) is 74.5 Å². The fraction of sp³-hybridized carbons (Fsp3) is 0.538. The second-order valence-electron chi connectivity index (χ2n) is 9.44. The molecule has 2 atom stereocenters. The standard InChI is InChI=1S/C26H35NO/c1-26(2)24(17-25(26)20-28-19-21-9-5-3-6-10-21)18-27-15-13-23(14-16-27)22-11-7-4-8-12-22/h3-12,23-25H,13-20H2,1-2H3/t24-,25+/m0/s1. The Morgan fingerprint density at radius 2 is 1.54 bits per heavy atom. The van der Waals surface area contributed by atoms with Crippen LogP contribution in [0.25, 0.3) is 0 Å². The maximum atomic E-state index is 6.05. The number of likely N-dealkylation sites (tertiary alicyclic amines) is 1. The number of benzene rings is 2. The Balaban J connectivity index is 1.19. The highest BCUT2D eigenvalue weighted by atomic mass is 16.5. The molecule has 2 heteroatoms. The fourth-order valence-corrected chi connectivity index (χ4v) is 5.10. The number of rotatable bonds is 7. The summed E-state index contributed by atoms with van der Waals surface area (Å²) in [5.41, 5.74) is 3.20. The van der Waals surface area contributed by atoms with E-state index in [4.69, 9.17) is 4.74 Å². The lowest BCUT2D eigenvalue weighted by Gasteiger charge is -2.54. The molecule has 1 aliphatic carbocycles. The topological polar surface area (TPSA) is 12.5 Å². The van der Waals surface area contributed by atoms with E-state index in [-0.39, 0.29) is 0 Å². The summed E-state index contributed by atoms with van der Waals surface area (Å²) in [6, 6.07) is 21.6. The quantitative estimate of drug-likeness (QED) is 0.609. The van der Waals surface area contributed by atoms with Crippen molar-refractivity contribution in [3.05, 3.63) is 71.8 Å². The Labute approximate surface area is 170 Å². The average molecular weight is 378 g/mol. The maximum absolute atomic E-state index is 6.05. The molecule has 1 saturated heterocycles. The van der Waals surface area contributed by atoms with Crippen molar-refractivity contribution in [2.75, 3.05) is 26.2 Å². The van der Waals surface area contributed by atoms with E-state index in [0.717, 1.165) is 25.0 Å². The number of piperidine rings is 1. The molecule has 28 heavy (non-hydrogen) atoms. The number of hydrogen-bond acceptors (Lipinski definition) is 2. The summed E-state index contributed by atoms with van der Waals surface area (Å²) >= 11 is 0. The molecule has 0 unspecified atom stereocenters. The maximum Gasteiger partial charge on any atom is 0.0717 e. The number of ether oxygens (including phenoxy) is 1. The summed E-state index contributed by atoms with van der Waals surface area (Å²) in [5, 5.41) is 0. The van der Waals surface area contributed by atoms with E-state index in [1.54, 1.807) is 0 Å². The summed E-state index contributed by atoms with van der Waals surface area (Å²) in [4.78, 5) is 2.72. The summed E-state index contributed by atoms with van der Waals surface area (Å²) in [6.45, 7) is 10.3. The molecular formula is C26H35NO. The molecule has 0 radical (unpaired) electrons. The van der Waals surface area contributed by atoms with Crippen LogP contribution in [-0.4, -0.2) is 31.1 Å². The van der Waals surface area contributed by atoms with Crippen molar-refractivity contribution in [3.63, 3.8) is 0 Å². The first kappa shape index (κ1) is 19.7. The van der Waals surface area contributed by atoms with Crippen molar-refractivity contribution in [1.29, 1.82) is 0 Å². The smallest absolute Gasteiger partial charge is 0.0717 e. The minimum atomic E-state index is 0.396. The van der Waals surface area contributed by atoms with Gasteiger partial charge in [0, 0.05) is 6.54 Å². The highest BCUT2D eigenvalue weighted by Crippen LogP contribution is 2.51. The van der Waals surface area contributed by atoms with Crippen molar-refractivity contribution in [1.82, 2.24) is 4.90 Å². The molecule has 0 spiro atoms. The van der Waals surface area contributed by atoms with E-state index in [2.05, 4.69) is 79.4 Å².